The van der Waals surface area contributed by atoms with Crippen molar-refractivity contribution in [1.82, 2.24) is 10.6 Å². The topological polar surface area (TPSA) is 75.1 Å². The highest BCUT2D eigenvalue weighted by molar-refractivity contribution is 5.79. The van der Waals surface area contributed by atoms with Gasteiger partial charge >= 0.3 is 0 Å². The van der Waals surface area contributed by atoms with Gasteiger partial charge in [0, 0.05) is 13.1 Å². The molecule has 0 saturated carbocycles. The van der Waals surface area contributed by atoms with Crippen LogP contribution in [0.2, 0.25) is 0 Å². The number of aliphatic hydroxyl groups excluding tert-OH is 1. The van der Waals surface area contributed by atoms with Gasteiger partial charge in [0.05, 0.1) is 25.9 Å². The van der Waals surface area contributed by atoms with Crippen molar-refractivity contribution in [2.45, 2.75) is 39.4 Å². The minimum absolute atomic E-state index is 0.0909. The van der Waals surface area contributed by atoms with E-state index in [1.165, 1.54) is 0 Å². The first kappa shape index (κ1) is 22.6. The van der Waals surface area contributed by atoms with Crippen LogP contribution >= 0.6 is 0 Å². The second kappa shape index (κ2) is 12.0. The van der Waals surface area contributed by atoms with Crippen molar-refractivity contribution in [3.63, 3.8) is 0 Å². The zero-order valence-corrected chi connectivity index (χ0v) is 17.8. The zero-order chi connectivity index (χ0) is 21.1. The molecule has 0 saturated heterocycles. The number of ether oxygens (including phenoxy) is 2. The van der Waals surface area contributed by atoms with Crippen LogP contribution in [0.3, 0.4) is 0 Å². The first-order valence-electron chi connectivity index (χ1n) is 10.1. The first-order chi connectivity index (χ1) is 14.0. The molecule has 29 heavy (non-hydrogen) atoms. The highest BCUT2D eigenvalue weighted by Crippen LogP contribution is 2.20. The molecule has 158 valence electrons. The Morgan fingerprint density at radius 3 is 2.62 bits per heavy atom. The third kappa shape index (κ3) is 7.66. The van der Waals surface area contributed by atoms with Crippen molar-refractivity contribution in [2.75, 3.05) is 26.7 Å². The molecule has 0 fully saturated rings. The largest absolute Gasteiger partial charge is 0.496 e. The van der Waals surface area contributed by atoms with Crippen LogP contribution in [0.5, 0.6) is 11.5 Å². The normalized spacial score (nSPS) is 12.6. The number of nitrogens with one attached hydrogen (secondary N) is 2. The molecular weight excluding hydrogens is 366 g/mol. The van der Waals surface area contributed by atoms with E-state index in [0.29, 0.717) is 12.5 Å². The van der Waals surface area contributed by atoms with Gasteiger partial charge in [0.15, 0.2) is 5.96 Å². The van der Waals surface area contributed by atoms with E-state index in [2.05, 4.69) is 21.7 Å². The van der Waals surface area contributed by atoms with Gasteiger partial charge in [-0.25, -0.2) is 0 Å². The van der Waals surface area contributed by atoms with E-state index in [1.807, 2.05) is 63.2 Å². The fourth-order valence-electron chi connectivity index (χ4n) is 2.92. The molecule has 6 nitrogen and oxygen atoms in total. The Hall–Kier alpha value is -2.73. The highest BCUT2D eigenvalue weighted by Gasteiger charge is 2.10. The van der Waals surface area contributed by atoms with Crippen LogP contribution in [-0.2, 0) is 6.42 Å². The monoisotopic (exact) mass is 399 g/mol. The van der Waals surface area contributed by atoms with Crippen molar-refractivity contribution in [3.8, 4) is 11.5 Å². The Kier molecular flexibility index (Phi) is 9.31. The van der Waals surface area contributed by atoms with Gasteiger partial charge in [-0.15, -0.1) is 0 Å². The number of aliphatic imine (C=N–C) groups is 1. The number of para-hydroxylation sites is 1. The molecule has 0 aliphatic rings. The number of methoxy groups -OCH3 is 1. The number of guanidine groups is 1. The number of hydrogen-bond acceptors (Lipinski definition) is 4. The van der Waals surface area contributed by atoms with E-state index in [0.717, 1.165) is 35.6 Å². The van der Waals surface area contributed by atoms with E-state index in [1.54, 1.807) is 7.11 Å². The molecule has 0 aliphatic heterocycles. The zero-order valence-electron chi connectivity index (χ0n) is 17.8. The molecule has 0 aliphatic carbocycles. The van der Waals surface area contributed by atoms with Crippen molar-refractivity contribution in [3.05, 3.63) is 59.7 Å². The maximum absolute atomic E-state index is 10.5. The molecule has 1 unspecified atom stereocenters. The summed E-state index contributed by atoms with van der Waals surface area (Å²) in [4.78, 5) is 4.53. The van der Waals surface area contributed by atoms with Crippen molar-refractivity contribution < 1.29 is 14.6 Å². The van der Waals surface area contributed by atoms with Gasteiger partial charge < -0.3 is 25.2 Å². The molecule has 0 heterocycles. The number of benzene rings is 2. The van der Waals surface area contributed by atoms with E-state index in [4.69, 9.17) is 9.47 Å². The van der Waals surface area contributed by atoms with Crippen LogP contribution in [0.4, 0.5) is 0 Å². The summed E-state index contributed by atoms with van der Waals surface area (Å²) in [6.45, 7) is 7.68. The fraction of sp³-hybridized carbons (Fsp3) is 0.435. The Balaban J connectivity index is 1.94. The lowest BCUT2D eigenvalue weighted by Crippen LogP contribution is -2.38. The minimum atomic E-state index is -0.699. The Morgan fingerprint density at radius 2 is 1.90 bits per heavy atom. The molecule has 0 radical (unpaired) electrons. The summed E-state index contributed by atoms with van der Waals surface area (Å²) in [5.74, 6) is 2.31. The molecule has 0 bridgehead atoms. The van der Waals surface area contributed by atoms with Crippen LogP contribution in [0.15, 0.2) is 53.5 Å². The lowest BCUT2D eigenvalue weighted by molar-refractivity contribution is 0.185. The summed E-state index contributed by atoms with van der Waals surface area (Å²) >= 11 is 0. The van der Waals surface area contributed by atoms with Crippen molar-refractivity contribution in [1.29, 1.82) is 0 Å². The molecule has 1 atom stereocenters. The van der Waals surface area contributed by atoms with Crippen LogP contribution in [-0.4, -0.2) is 43.9 Å². The maximum atomic E-state index is 10.5. The molecule has 3 N–H and O–H groups in total. The molecule has 0 aromatic heterocycles. The summed E-state index contributed by atoms with van der Waals surface area (Å²) in [6.07, 6.45) is 0.203. The molecule has 2 aromatic carbocycles. The summed E-state index contributed by atoms with van der Waals surface area (Å²) in [5, 5.41) is 17.1. The Morgan fingerprint density at radius 1 is 1.10 bits per heavy atom. The summed E-state index contributed by atoms with van der Waals surface area (Å²) in [5.41, 5.74) is 1.93. The van der Waals surface area contributed by atoms with Gasteiger partial charge in [0.1, 0.15) is 11.5 Å². The second-order valence-corrected chi connectivity index (χ2v) is 6.96. The summed E-state index contributed by atoms with van der Waals surface area (Å²) in [7, 11) is 1.68. The van der Waals surface area contributed by atoms with Crippen LogP contribution in [0.25, 0.3) is 0 Å². The number of aliphatic hydroxyl groups is 1. The van der Waals surface area contributed by atoms with Crippen molar-refractivity contribution in [2.24, 2.45) is 4.99 Å². The molecule has 0 amide bonds. The lowest BCUT2D eigenvalue weighted by atomic mass is 10.1. The predicted octanol–water partition coefficient (Wildman–Crippen LogP) is 3.31. The van der Waals surface area contributed by atoms with Crippen LogP contribution < -0.4 is 20.1 Å². The molecule has 2 aromatic rings. The third-order valence-corrected chi connectivity index (χ3v) is 4.26. The van der Waals surface area contributed by atoms with Crippen LogP contribution in [0.1, 0.15) is 38.0 Å². The number of nitrogens with zero attached hydrogens (tertiary/aromatic N) is 1. The third-order valence-electron chi connectivity index (χ3n) is 4.26. The van der Waals surface area contributed by atoms with Gasteiger partial charge in [0.2, 0.25) is 0 Å². The van der Waals surface area contributed by atoms with E-state index >= 15 is 0 Å². The van der Waals surface area contributed by atoms with Gasteiger partial charge in [-0.3, -0.25) is 4.99 Å². The number of hydrogen-bond donors (Lipinski definition) is 3. The van der Waals surface area contributed by atoms with Gasteiger partial charge in [-0.2, -0.15) is 0 Å². The molecule has 0 spiro atoms. The van der Waals surface area contributed by atoms with Gasteiger partial charge in [-0.05, 0) is 56.5 Å². The summed E-state index contributed by atoms with van der Waals surface area (Å²) < 4.78 is 11.1. The Bertz CT molecular complexity index is 777. The van der Waals surface area contributed by atoms with Crippen molar-refractivity contribution >= 4 is 5.96 Å². The second-order valence-electron chi connectivity index (χ2n) is 6.96. The van der Waals surface area contributed by atoms with E-state index in [-0.39, 0.29) is 12.6 Å². The first-order valence-corrected chi connectivity index (χ1v) is 10.1. The lowest BCUT2D eigenvalue weighted by Gasteiger charge is -2.15. The molecule has 2 rings (SSSR count). The highest BCUT2D eigenvalue weighted by atomic mass is 16.5. The minimum Gasteiger partial charge on any atom is -0.496 e. The SMILES string of the molecule is CCNC(=NCC(O)c1cccc(OC(C)C)c1)NCCc1ccccc1OC. The van der Waals surface area contributed by atoms with Gasteiger partial charge in [-0.1, -0.05) is 30.3 Å². The standard InChI is InChI=1S/C23H33N3O3/c1-5-24-23(25-14-13-18-9-6-7-12-22(18)28-4)26-16-21(27)19-10-8-11-20(15-19)29-17(2)3/h6-12,15,17,21,27H,5,13-14,16H2,1-4H3,(H2,24,25,26). The van der Waals surface area contributed by atoms with Gasteiger partial charge in [0.25, 0.3) is 0 Å². The predicted molar refractivity (Wildman–Crippen MR) is 118 cm³/mol. The average Bonchev–Trinajstić information content (AvgIpc) is 2.71. The summed E-state index contributed by atoms with van der Waals surface area (Å²) in [6, 6.07) is 15.5. The maximum Gasteiger partial charge on any atom is 0.191 e. The number of rotatable bonds is 10. The quantitative estimate of drug-likeness (QED) is 0.422. The van der Waals surface area contributed by atoms with E-state index in [9.17, 15) is 5.11 Å². The molecule has 6 heteroatoms. The average molecular weight is 400 g/mol. The molecular formula is C23H33N3O3. The fourth-order valence-corrected chi connectivity index (χ4v) is 2.92. The smallest absolute Gasteiger partial charge is 0.191 e. The Labute approximate surface area is 174 Å². The van der Waals surface area contributed by atoms with Crippen LogP contribution in [0, 0.1) is 0 Å². The van der Waals surface area contributed by atoms with E-state index < -0.39 is 6.10 Å².